The van der Waals surface area contributed by atoms with E-state index in [0.717, 1.165) is 27.3 Å². The Morgan fingerprint density at radius 1 is 1.28 bits per heavy atom. The van der Waals surface area contributed by atoms with Gasteiger partial charge >= 0.3 is 0 Å². The molecule has 0 aliphatic rings. The SMILES string of the molecule is CCOC(c1nc(CC)c(I)c(NC)n1)C(C)C. The van der Waals surface area contributed by atoms with Crippen LogP contribution in [0.5, 0.6) is 0 Å². The van der Waals surface area contributed by atoms with Gasteiger partial charge in [0.2, 0.25) is 0 Å². The van der Waals surface area contributed by atoms with Crippen molar-refractivity contribution in [3.63, 3.8) is 0 Å². The second kappa shape index (κ2) is 7.23. The standard InChI is InChI=1S/C13H22IN3O/c1-6-9-10(14)12(15-5)17-13(16-9)11(8(3)4)18-7-2/h8,11H,6-7H2,1-5H3,(H,15,16,17). The molecule has 1 atom stereocenters. The first-order valence-corrected chi connectivity index (χ1v) is 7.48. The molecule has 0 amide bonds. The van der Waals surface area contributed by atoms with E-state index in [1.165, 1.54) is 0 Å². The maximum absolute atomic E-state index is 5.77. The average Bonchev–Trinajstić information content (AvgIpc) is 2.36. The highest BCUT2D eigenvalue weighted by Crippen LogP contribution is 2.27. The van der Waals surface area contributed by atoms with Crippen molar-refractivity contribution in [3.05, 3.63) is 15.1 Å². The monoisotopic (exact) mass is 363 g/mol. The molecule has 0 aliphatic heterocycles. The summed E-state index contributed by atoms with van der Waals surface area (Å²) in [4.78, 5) is 9.24. The smallest absolute Gasteiger partial charge is 0.160 e. The number of aryl methyl sites for hydroxylation is 1. The maximum Gasteiger partial charge on any atom is 0.160 e. The van der Waals surface area contributed by atoms with Crippen molar-refractivity contribution in [1.82, 2.24) is 9.97 Å². The van der Waals surface area contributed by atoms with Gasteiger partial charge in [0.25, 0.3) is 0 Å². The van der Waals surface area contributed by atoms with Crippen LogP contribution in [0.15, 0.2) is 0 Å². The van der Waals surface area contributed by atoms with Gasteiger partial charge in [-0.2, -0.15) is 0 Å². The Hall–Kier alpha value is -0.430. The first-order chi connectivity index (χ1) is 8.54. The minimum Gasteiger partial charge on any atom is -0.372 e. The molecular weight excluding hydrogens is 341 g/mol. The molecule has 0 aromatic carbocycles. The van der Waals surface area contributed by atoms with E-state index in [1.807, 2.05) is 14.0 Å². The molecular formula is C13H22IN3O. The minimum absolute atomic E-state index is 0.0376. The Labute approximate surface area is 123 Å². The van der Waals surface area contributed by atoms with E-state index in [9.17, 15) is 0 Å². The highest BCUT2D eigenvalue weighted by atomic mass is 127. The summed E-state index contributed by atoms with van der Waals surface area (Å²) < 4.78 is 6.87. The van der Waals surface area contributed by atoms with E-state index in [2.05, 4.69) is 58.6 Å². The number of halogens is 1. The van der Waals surface area contributed by atoms with Crippen LogP contribution in [0.2, 0.25) is 0 Å². The Morgan fingerprint density at radius 3 is 2.39 bits per heavy atom. The molecule has 102 valence electrons. The number of nitrogens with one attached hydrogen (secondary N) is 1. The Balaban J connectivity index is 3.21. The lowest BCUT2D eigenvalue weighted by Gasteiger charge is -2.21. The fourth-order valence-electron chi connectivity index (χ4n) is 1.78. The van der Waals surface area contributed by atoms with Crippen LogP contribution in [-0.2, 0) is 11.2 Å². The molecule has 1 unspecified atom stereocenters. The number of hydrogen-bond donors (Lipinski definition) is 1. The Morgan fingerprint density at radius 2 is 1.94 bits per heavy atom. The summed E-state index contributed by atoms with van der Waals surface area (Å²) in [5.41, 5.74) is 1.08. The van der Waals surface area contributed by atoms with Crippen molar-refractivity contribution in [1.29, 1.82) is 0 Å². The third-order valence-corrected chi connectivity index (χ3v) is 3.85. The molecule has 1 aromatic heterocycles. The normalized spacial score (nSPS) is 12.8. The van der Waals surface area contributed by atoms with Crippen molar-refractivity contribution >= 4 is 28.4 Å². The summed E-state index contributed by atoms with van der Waals surface area (Å²) in [5.74, 6) is 2.04. The second-order valence-corrected chi connectivity index (χ2v) is 5.49. The molecule has 4 nitrogen and oxygen atoms in total. The van der Waals surface area contributed by atoms with Crippen molar-refractivity contribution in [2.75, 3.05) is 19.0 Å². The van der Waals surface area contributed by atoms with E-state index in [4.69, 9.17) is 4.74 Å². The van der Waals surface area contributed by atoms with E-state index < -0.39 is 0 Å². The summed E-state index contributed by atoms with van der Waals surface area (Å²) in [7, 11) is 1.89. The molecule has 1 rings (SSSR count). The maximum atomic E-state index is 5.77. The molecule has 0 saturated carbocycles. The lowest BCUT2D eigenvalue weighted by molar-refractivity contribution is 0.0231. The highest BCUT2D eigenvalue weighted by molar-refractivity contribution is 14.1. The summed E-state index contributed by atoms with van der Waals surface area (Å²) in [6.45, 7) is 9.05. The van der Waals surface area contributed by atoms with Gasteiger partial charge in [0.15, 0.2) is 5.82 Å². The summed E-state index contributed by atoms with van der Waals surface area (Å²) in [5, 5.41) is 3.13. The molecule has 1 heterocycles. The van der Waals surface area contributed by atoms with Gasteiger partial charge in [-0.3, -0.25) is 0 Å². The third-order valence-electron chi connectivity index (χ3n) is 2.72. The highest BCUT2D eigenvalue weighted by Gasteiger charge is 2.21. The van der Waals surface area contributed by atoms with Crippen LogP contribution in [0.25, 0.3) is 0 Å². The number of anilines is 1. The van der Waals surface area contributed by atoms with Crippen LogP contribution < -0.4 is 5.32 Å². The van der Waals surface area contributed by atoms with E-state index in [-0.39, 0.29) is 6.10 Å². The van der Waals surface area contributed by atoms with Crippen LogP contribution >= 0.6 is 22.6 Å². The lowest BCUT2D eigenvalue weighted by Crippen LogP contribution is -2.17. The molecule has 0 aliphatic carbocycles. The number of nitrogens with zero attached hydrogens (tertiary/aromatic N) is 2. The van der Waals surface area contributed by atoms with Crippen LogP contribution in [-0.4, -0.2) is 23.6 Å². The zero-order chi connectivity index (χ0) is 13.7. The largest absolute Gasteiger partial charge is 0.372 e. The van der Waals surface area contributed by atoms with Gasteiger partial charge in [-0.05, 0) is 41.9 Å². The van der Waals surface area contributed by atoms with E-state index in [0.29, 0.717) is 12.5 Å². The van der Waals surface area contributed by atoms with Crippen molar-refractivity contribution in [2.45, 2.75) is 40.2 Å². The zero-order valence-electron chi connectivity index (χ0n) is 11.7. The van der Waals surface area contributed by atoms with E-state index in [1.54, 1.807) is 0 Å². The number of aromatic nitrogens is 2. The molecule has 5 heteroatoms. The summed E-state index contributed by atoms with van der Waals surface area (Å²) in [6.07, 6.45) is 0.865. The van der Waals surface area contributed by atoms with Crippen LogP contribution in [0.1, 0.15) is 45.3 Å². The molecule has 18 heavy (non-hydrogen) atoms. The lowest BCUT2D eigenvalue weighted by atomic mass is 10.1. The van der Waals surface area contributed by atoms with Crippen LogP contribution in [0, 0.1) is 9.49 Å². The third kappa shape index (κ3) is 3.54. The Kier molecular flexibility index (Phi) is 6.28. The first-order valence-electron chi connectivity index (χ1n) is 6.40. The number of hydrogen-bond acceptors (Lipinski definition) is 4. The summed E-state index contributed by atoms with van der Waals surface area (Å²) in [6, 6.07) is 0. The van der Waals surface area contributed by atoms with Gasteiger partial charge in [0, 0.05) is 13.7 Å². The van der Waals surface area contributed by atoms with Crippen LogP contribution in [0.4, 0.5) is 5.82 Å². The zero-order valence-corrected chi connectivity index (χ0v) is 13.9. The fourth-order valence-corrected chi connectivity index (χ4v) is 2.68. The molecule has 1 aromatic rings. The minimum atomic E-state index is -0.0376. The number of ether oxygens (including phenoxy) is 1. The van der Waals surface area contributed by atoms with Gasteiger partial charge in [-0.15, -0.1) is 0 Å². The fraction of sp³-hybridized carbons (Fsp3) is 0.692. The van der Waals surface area contributed by atoms with Crippen molar-refractivity contribution < 1.29 is 4.74 Å². The molecule has 0 spiro atoms. The predicted molar refractivity (Wildman–Crippen MR) is 82.9 cm³/mol. The van der Waals surface area contributed by atoms with Crippen molar-refractivity contribution in [3.8, 4) is 0 Å². The van der Waals surface area contributed by atoms with Gasteiger partial charge in [-0.25, -0.2) is 9.97 Å². The molecule has 0 radical (unpaired) electrons. The molecule has 0 bridgehead atoms. The molecule has 0 fully saturated rings. The first kappa shape index (κ1) is 15.6. The summed E-state index contributed by atoms with van der Waals surface area (Å²) >= 11 is 2.29. The number of rotatable bonds is 6. The Bertz CT molecular complexity index is 371. The molecule has 1 N–H and O–H groups in total. The van der Waals surface area contributed by atoms with Crippen LogP contribution in [0.3, 0.4) is 0 Å². The second-order valence-electron chi connectivity index (χ2n) is 4.41. The van der Waals surface area contributed by atoms with Gasteiger partial charge in [-0.1, -0.05) is 20.8 Å². The van der Waals surface area contributed by atoms with Gasteiger partial charge in [0.05, 0.1) is 9.26 Å². The average molecular weight is 363 g/mol. The van der Waals surface area contributed by atoms with Gasteiger partial charge in [0.1, 0.15) is 11.9 Å². The van der Waals surface area contributed by atoms with Crippen molar-refractivity contribution in [2.24, 2.45) is 5.92 Å². The quantitative estimate of drug-likeness (QED) is 0.787. The molecule has 0 saturated heterocycles. The predicted octanol–water partition coefficient (Wildman–Crippen LogP) is 3.42. The van der Waals surface area contributed by atoms with E-state index >= 15 is 0 Å². The topological polar surface area (TPSA) is 47.0 Å². The van der Waals surface area contributed by atoms with Gasteiger partial charge < -0.3 is 10.1 Å².